The normalized spacial score (nSPS) is 19.7. The lowest BCUT2D eigenvalue weighted by Gasteiger charge is -2.27. The zero-order valence-corrected chi connectivity index (χ0v) is 19.4. The van der Waals surface area contributed by atoms with E-state index in [1.807, 2.05) is 0 Å². The third-order valence-electron chi connectivity index (χ3n) is 6.95. The highest BCUT2D eigenvalue weighted by molar-refractivity contribution is 6.03. The molecule has 0 saturated heterocycles. The van der Waals surface area contributed by atoms with Crippen LogP contribution < -0.4 is 4.90 Å². The smallest absolute Gasteiger partial charge is 0.209 e. The molecule has 2 nitrogen and oxygen atoms in total. The van der Waals surface area contributed by atoms with Crippen LogP contribution in [-0.4, -0.2) is 23.9 Å². The number of hydrogen-bond donors (Lipinski definition) is 0. The predicted octanol–water partition coefficient (Wildman–Crippen LogP) is 6.34. The van der Waals surface area contributed by atoms with E-state index in [2.05, 4.69) is 117 Å². The van der Waals surface area contributed by atoms with Crippen LogP contribution in [0.4, 0.5) is 11.4 Å². The molecule has 158 valence electrons. The van der Waals surface area contributed by atoms with Crippen molar-refractivity contribution in [3.05, 3.63) is 83.6 Å². The Labute approximate surface area is 187 Å². The van der Waals surface area contributed by atoms with Crippen LogP contribution in [0, 0.1) is 12.3 Å². The average molecular weight is 410 g/mol. The maximum absolute atomic E-state index is 5.52. The molecule has 31 heavy (non-hydrogen) atoms. The van der Waals surface area contributed by atoms with Crippen LogP contribution in [0.5, 0.6) is 0 Å². The lowest BCUT2D eigenvalue weighted by molar-refractivity contribution is -0.401. The first-order chi connectivity index (χ1) is 14.8. The van der Waals surface area contributed by atoms with Gasteiger partial charge in [0.1, 0.15) is 7.05 Å². The summed E-state index contributed by atoms with van der Waals surface area (Å²) in [7, 11) is 2.17. The van der Waals surface area contributed by atoms with Gasteiger partial charge < -0.3 is 4.90 Å². The number of nitrogens with zero attached hydrogens (tertiary/aromatic N) is 2. The number of anilines is 1. The Morgan fingerprint density at radius 3 is 2.35 bits per heavy atom. The summed E-state index contributed by atoms with van der Waals surface area (Å²) in [6.07, 6.45) is 14.1. The molecule has 2 aromatic rings. The van der Waals surface area contributed by atoms with Crippen molar-refractivity contribution in [2.75, 3.05) is 18.5 Å². The first kappa shape index (κ1) is 21.2. The van der Waals surface area contributed by atoms with Crippen LogP contribution in [0.3, 0.4) is 0 Å². The number of benzene rings is 2. The first-order valence-electron chi connectivity index (χ1n) is 11.2. The Hall–Kier alpha value is -3.05. The summed E-state index contributed by atoms with van der Waals surface area (Å²) in [5.41, 5.74) is 7.97. The maximum atomic E-state index is 5.52. The van der Waals surface area contributed by atoms with E-state index in [0.29, 0.717) is 0 Å². The minimum Gasteiger partial charge on any atom is -0.344 e. The van der Waals surface area contributed by atoms with Crippen molar-refractivity contribution < 1.29 is 4.58 Å². The van der Waals surface area contributed by atoms with Gasteiger partial charge >= 0.3 is 0 Å². The molecule has 0 unspecified atom stereocenters. The van der Waals surface area contributed by atoms with Crippen LogP contribution in [0.2, 0.25) is 0 Å². The van der Waals surface area contributed by atoms with Crippen molar-refractivity contribution in [2.24, 2.45) is 0 Å². The molecule has 0 radical (unpaired) electrons. The highest BCUT2D eigenvalue weighted by atomic mass is 15.2. The van der Waals surface area contributed by atoms with E-state index in [-0.39, 0.29) is 10.8 Å². The van der Waals surface area contributed by atoms with E-state index < -0.39 is 0 Å². The Balaban J connectivity index is 1.70. The summed E-state index contributed by atoms with van der Waals surface area (Å²) in [6.45, 7) is 10.2. The molecule has 2 heterocycles. The Morgan fingerprint density at radius 1 is 0.968 bits per heavy atom. The second kappa shape index (κ2) is 7.89. The van der Waals surface area contributed by atoms with Gasteiger partial charge in [0, 0.05) is 47.5 Å². The van der Waals surface area contributed by atoms with Gasteiger partial charge in [-0.25, -0.2) is 0 Å². The highest BCUT2D eigenvalue weighted by Crippen LogP contribution is 2.47. The Kier molecular flexibility index (Phi) is 5.40. The van der Waals surface area contributed by atoms with Crippen molar-refractivity contribution in [3.8, 4) is 12.3 Å². The van der Waals surface area contributed by atoms with Gasteiger partial charge in [-0.3, -0.25) is 0 Å². The minimum atomic E-state index is -0.0399. The van der Waals surface area contributed by atoms with Gasteiger partial charge in [-0.2, -0.15) is 4.58 Å². The van der Waals surface area contributed by atoms with Crippen molar-refractivity contribution in [1.82, 2.24) is 0 Å². The topological polar surface area (TPSA) is 6.25 Å². The number of allylic oxidation sites excluding steroid dienone is 4. The summed E-state index contributed by atoms with van der Waals surface area (Å²) < 4.78 is 2.32. The van der Waals surface area contributed by atoms with Crippen LogP contribution in [0.25, 0.3) is 0 Å². The van der Waals surface area contributed by atoms with Crippen LogP contribution in [0.15, 0.2) is 72.5 Å². The summed E-state index contributed by atoms with van der Waals surface area (Å²) in [5, 5.41) is 0. The highest BCUT2D eigenvalue weighted by Gasteiger charge is 2.43. The molecule has 0 saturated carbocycles. The fourth-order valence-electron chi connectivity index (χ4n) is 5.25. The number of unbranched alkanes of at least 4 members (excludes halogenated alkanes) is 1. The van der Waals surface area contributed by atoms with Gasteiger partial charge in [0.25, 0.3) is 0 Å². The summed E-state index contributed by atoms with van der Waals surface area (Å²) >= 11 is 0. The number of fused-ring (bicyclic) bond motifs is 2. The van der Waals surface area contributed by atoms with Gasteiger partial charge in [-0.1, -0.05) is 56.3 Å². The molecular formula is C29H33N2+. The lowest BCUT2D eigenvalue weighted by atomic mass is 9.81. The van der Waals surface area contributed by atoms with Crippen molar-refractivity contribution in [1.29, 1.82) is 0 Å². The fraction of sp³-hybridized carbons (Fsp3) is 0.345. The molecule has 0 aliphatic carbocycles. The maximum Gasteiger partial charge on any atom is 0.209 e. The van der Waals surface area contributed by atoms with Gasteiger partial charge in [-0.05, 0) is 38.0 Å². The summed E-state index contributed by atoms with van der Waals surface area (Å²) in [5.74, 6) is 2.79. The van der Waals surface area contributed by atoms with E-state index in [0.717, 1.165) is 19.4 Å². The van der Waals surface area contributed by atoms with E-state index in [9.17, 15) is 0 Å². The van der Waals surface area contributed by atoms with Gasteiger partial charge in [0.15, 0.2) is 5.71 Å². The SMILES string of the molecule is C#CCCCN1/C(=C/C=C/C2=[N+](C)c3ccccc3C2(C)C)C(C)(C)c2ccccc21. The van der Waals surface area contributed by atoms with E-state index in [1.165, 1.54) is 33.9 Å². The fourth-order valence-corrected chi connectivity index (χ4v) is 5.25. The second-order valence-electron chi connectivity index (χ2n) is 9.60. The van der Waals surface area contributed by atoms with E-state index in [4.69, 9.17) is 6.42 Å². The van der Waals surface area contributed by atoms with Gasteiger partial charge in [0.2, 0.25) is 5.69 Å². The molecule has 2 aromatic carbocycles. The second-order valence-corrected chi connectivity index (χ2v) is 9.60. The van der Waals surface area contributed by atoms with Crippen LogP contribution in [-0.2, 0) is 10.8 Å². The summed E-state index contributed by atoms with van der Waals surface area (Å²) in [4.78, 5) is 2.46. The molecule has 0 fully saturated rings. The Morgan fingerprint density at radius 2 is 1.65 bits per heavy atom. The molecule has 0 N–H and O–H groups in total. The molecule has 0 bridgehead atoms. The Bertz CT molecular complexity index is 1140. The third-order valence-corrected chi connectivity index (χ3v) is 6.95. The predicted molar refractivity (Wildman–Crippen MR) is 132 cm³/mol. The van der Waals surface area contributed by atoms with Crippen LogP contribution >= 0.6 is 0 Å². The number of terminal acetylenes is 1. The number of rotatable bonds is 5. The molecular weight excluding hydrogens is 376 g/mol. The standard InChI is InChI=1S/C29H33N2/c1-7-8-13-21-31-25-18-12-10-16-23(25)29(4,5)27(31)20-14-19-26-28(2,3)22-15-9-11-17-24(22)30(26)6/h1,9-12,14-20H,8,13,21H2,2-6H3/q+1. The quantitative estimate of drug-likeness (QED) is 0.317. The zero-order valence-electron chi connectivity index (χ0n) is 19.4. The number of hydrogen-bond acceptors (Lipinski definition) is 1. The molecule has 0 aromatic heterocycles. The van der Waals surface area contributed by atoms with Crippen molar-refractivity contribution in [2.45, 2.75) is 51.4 Å². The summed E-state index contributed by atoms with van der Waals surface area (Å²) in [6, 6.07) is 17.5. The monoisotopic (exact) mass is 409 g/mol. The molecule has 2 aliphatic rings. The average Bonchev–Trinajstić information content (AvgIpc) is 3.09. The van der Waals surface area contributed by atoms with Crippen LogP contribution in [0.1, 0.15) is 51.7 Å². The lowest BCUT2D eigenvalue weighted by Crippen LogP contribution is -2.27. The molecule has 0 spiro atoms. The molecule has 0 atom stereocenters. The molecule has 2 heteroatoms. The third kappa shape index (κ3) is 3.43. The molecule has 2 aliphatic heterocycles. The molecule has 4 rings (SSSR count). The van der Waals surface area contributed by atoms with E-state index >= 15 is 0 Å². The number of para-hydroxylation sites is 2. The minimum absolute atomic E-state index is 0.0129. The zero-order chi connectivity index (χ0) is 22.2. The van der Waals surface area contributed by atoms with Crippen molar-refractivity contribution in [3.63, 3.8) is 0 Å². The first-order valence-corrected chi connectivity index (χ1v) is 11.2. The molecule has 0 amide bonds. The largest absolute Gasteiger partial charge is 0.344 e. The van der Waals surface area contributed by atoms with Gasteiger partial charge in [-0.15, -0.1) is 12.3 Å². The van der Waals surface area contributed by atoms with E-state index in [1.54, 1.807) is 0 Å². The van der Waals surface area contributed by atoms with Gasteiger partial charge in [0.05, 0.1) is 5.41 Å². The van der Waals surface area contributed by atoms with Crippen molar-refractivity contribution >= 4 is 17.1 Å².